The lowest BCUT2D eigenvalue weighted by atomic mass is 10.2. The molecule has 1 unspecified atom stereocenters. The highest BCUT2D eigenvalue weighted by Gasteiger charge is 2.25. The summed E-state index contributed by atoms with van der Waals surface area (Å²) in [6, 6.07) is 0.0361. The molecule has 1 atom stereocenters. The molecule has 0 spiro atoms. The molecule has 0 aliphatic rings. The summed E-state index contributed by atoms with van der Waals surface area (Å²) in [5, 5.41) is 8.86. The van der Waals surface area contributed by atoms with Crippen LogP contribution in [0.4, 0.5) is 10.7 Å². The molecule has 7 nitrogen and oxygen atoms in total. The van der Waals surface area contributed by atoms with Gasteiger partial charge in [-0.05, 0) is 6.42 Å². The molecule has 1 aromatic heterocycles. The zero-order valence-electron chi connectivity index (χ0n) is 12.7. The van der Waals surface area contributed by atoms with Crippen LogP contribution < -0.4 is 21.7 Å². The van der Waals surface area contributed by atoms with Gasteiger partial charge in [0, 0.05) is 27.2 Å². The van der Waals surface area contributed by atoms with Gasteiger partial charge in [0.25, 0.3) is 11.8 Å². The minimum Gasteiger partial charge on any atom is -0.397 e. The number of anilines is 2. The highest BCUT2D eigenvalue weighted by Crippen LogP contribution is 2.36. The van der Waals surface area contributed by atoms with E-state index in [1.807, 2.05) is 6.92 Å². The lowest BCUT2D eigenvalue weighted by Crippen LogP contribution is -2.26. The first kappa shape index (κ1) is 17.3. The molecule has 0 bridgehead atoms. The summed E-state index contributed by atoms with van der Waals surface area (Å²) < 4.78 is 5.13. The van der Waals surface area contributed by atoms with Crippen molar-refractivity contribution in [3.05, 3.63) is 10.4 Å². The predicted molar refractivity (Wildman–Crippen MR) is 85.1 cm³/mol. The maximum Gasteiger partial charge on any atom is 0.263 e. The van der Waals surface area contributed by atoms with Crippen LogP contribution in [0.3, 0.4) is 0 Å². The van der Waals surface area contributed by atoms with Crippen LogP contribution in [0.1, 0.15) is 33.4 Å². The van der Waals surface area contributed by atoms with Gasteiger partial charge in [0.2, 0.25) is 0 Å². The van der Waals surface area contributed by atoms with Gasteiger partial charge in [0.1, 0.15) is 9.88 Å². The van der Waals surface area contributed by atoms with Gasteiger partial charge in [-0.1, -0.05) is 6.92 Å². The quantitative estimate of drug-likeness (QED) is 0.598. The summed E-state index contributed by atoms with van der Waals surface area (Å²) in [5.41, 5.74) is 6.46. The lowest BCUT2D eigenvalue weighted by Gasteiger charge is -2.17. The highest BCUT2D eigenvalue weighted by atomic mass is 32.1. The van der Waals surface area contributed by atoms with Crippen molar-refractivity contribution in [2.24, 2.45) is 0 Å². The van der Waals surface area contributed by atoms with Gasteiger partial charge in [-0.2, -0.15) is 0 Å². The molecule has 0 saturated carbocycles. The summed E-state index contributed by atoms with van der Waals surface area (Å²) in [6.45, 7) is 2.50. The molecule has 5 N–H and O–H groups in total. The number of hydrogen-bond donors (Lipinski definition) is 4. The van der Waals surface area contributed by atoms with Gasteiger partial charge in [-0.3, -0.25) is 9.59 Å². The molecule has 0 aromatic carbocycles. The standard InChI is InChI=1S/C13H22N4O3S/c1-5-7(6-20-4)17-13-8(11(18)15-2)9(14)10(21-13)12(19)16-3/h7,17H,5-6,14H2,1-4H3,(H,15,18)(H,16,19). The van der Waals surface area contributed by atoms with Crippen molar-refractivity contribution in [1.29, 1.82) is 0 Å². The smallest absolute Gasteiger partial charge is 0.263 e. The molecule has 0 fully saturated rings. The Labute approximate surface area is 128 Å². The van der Waals surface area contributed by atoms with E-state index in [4.69, 9.17) is 10.5 Å². The summed E-state index contributed by atoms with van der Waals surface area (Å²) in [4.78, 5) is 24.2. The average Bonchev–Trinajstić information content (AvgIpc) is 2.81. The fourth-order valence-corrected chi connectivity index (χ4v) is 2.97. The second-order valence-electron chi connectivity index (χ2n) is 4.41. The van der Waals surface area contributed by atoms with Gasteiger partial charge in [-0.25, -0.2) is 0 Å². The number of carbonyl (C=O) groups is 2. The highest BCUT2D eigenvalue weighted by molar-refractivity contribution is 7.19. The van der Waals surface area contributed by atoms with Crippen LogP contribution in [0.25, 0.3) is 0 Å². The molecule has 0 radical (unpaired) electrons. The van der Waals surface area contributed by atoms with Crippen molar-refractivity contribution in [3.63, 3.8) is 0 Å². The van der Waals surface area contributed by atoms with E-state index < -0.39 is 0 Å². The number of nitrogen functional groups attached to an aromatic ring is 1. The minimum absolute atomic E-state index is 0.0361. The second kappa shape index (κ2) is 7.84. The normalized spacial score (nSPS) is 11.8. The average molecular weight is 314 g/mol. The molecule has 8 heteroatoms. The van der Waals surface area contributed by atoms with E-state index in [9.17, 15) is 9.59 Å². The van der Waals surface area contributed by atoms with Crippen molar-refractivity contribution in [2.75, 3.05) is 38.9 Å². The summed E-state index contributed by atoms with van der Waals surface area (Å²) in [7, 11) is 4.66. The zero-order chi connectivity index (χ0) is 16.0. The Morgan fingerprint density at radius 3 is 2.38 bits per heavy atom. The van der Waals surface area contributed by atoms with Crippen LogP contribution in [0.5, 0.6) is 0 Å². The van der Waals surface area contributed by atoms with E-state index in [-0.39, 0.29) is 23.5 Å². The lowest BCUT2D eigenvalue weighted by molar-refractivity contribution is 0.0963. The Morgan fingerprint density at radius 1 is 1.29 bits per heavy atom. The van der Waals surface area contributed by atoms with Crippen LogP contribution in [-0.2, 0) is 4.74 Å². The van der Waals surface area contributed by atoms with Crippen molar-refractivity contribution < 1.29 is 14.3 Å². The summed E-state index contributed by atoms with van der Waals surface area (Å²) >= 11 is 1.17. The number of methoxy groups -OCH3 is 1. The molecule has 21 heavy (non-hydrogen) atoms. The zero-order valence-corrected chi connectivity index (χ0v) is 13.5. The van der Waals surface area contributed by atoms with Crippen molar-refractivity contribution in [2.45, 2.75) is 19.4 Å². The van der Waals surface area contributed by atoms with Crippen molar-refractivity contribution in [3.8, 4) is 0 Å². The summed E-state index contributed by atoms with van der Waals surface area (Å²) in [6.07, 6.45) is 0.814. The number of amides is 2. The molecule has 118 valence electrons. The van der Waals surface area contributed by atoms with Crippen molar-refractivity contribution >= 4 is 33.8 Å². The maximum absolute atomic E-state index is 12.0. The van der Waals surface area contributed by atoms with Gasteiger partial charge in [0.15, 0.2) is 0 Å². The molecule has 0 aliphatic carbocycles. The first-order valence-corrected chi connectivity index (χ1v) is 7.43. The Balaban J connectivity index is 3.22. The van der Waals surface area contributed by atoms with E-state index in [0.717, 1.165) is 6.42 Å². The van der Waals surface area contributed by atoms with Crippen LogP contribution in [0.15, 0.2) is 0 Å². The minimum atomic E-state index is -0.325. The third kappa shape index (κ3) is 3.85. The first-order chi connectivity index (χ1) is 9.99. The summed E-state index contributed by atoms with van der Waals surface area (Å²) in [5.74, 6) is -0.635. The van der Waals surface area contributed by atoms with Crippen LogP contribution in [0, 0.1) is 0 Å². The fourth-order valence-electron chi connectivity index (χ4n) is 1.83. The number of ether oxygens (including phenoxy) is 1. The predicted octanol–water partition coefficient (Wildman–Crippen LogP) is 0.886. The van der Waals surface area contributed by atoms with E-state index in [1.165, 1.54) is 25.4 Å². The molecule has 1 heterocycles. The Hall–Kier alpha value is -1.80. The van der Waals surface area contributed by atoms with E-state index >= 15 is 0 Å². The molecule has 1 aromatic rings. The number of nitrogens with two attached hydrogens (primary N) is 1. The number of nitrogens with one attached hydrogen (secondary N) is 3. The van der Waals surface area contributed by atoms with Crippen LogP contribution >= 0.6 is 11.3 Å². The molecule has 1 rings (SSSR count). The first-order valence-electron chi connectivity index (χ1n) is 6.61. The Bertz CT molecular complexity index is 516. The Kier molecular flexibility index (Phi) is 6.44. The van der Waals surface area contributed by atoms with Crippen LogP contribution in [0.2, 0.25) is 0 Å². The monoisotopic (exact) mass is 314 g/mol. The largest absolute Gasteiger partial charge is 0.397 e. The molecule has 0 aliphatic heterocycles. The number of thiophene rings is 1. The third-order valence-electron chi connectivity index (χ3n) is 3.03. The van der Waals surface area contributed by atoms with E-state index in [0.29, 0.717) is 22.0 Å². The number of hydrogen-bond acceptors (Lipinski definition) is 6. The molecule has 0 saturated heterocycles. The molecular weight excluding hydrogens is 292 g/mol. The van der Waals surface area contributed by atoms with Crippen molar-refractivity contribution in [1.82, 2.24) is 10.6 Å². The fraction of sp³-hybridized carbons (Fsp3) is 0.538. The van der Waals surface area contributed by atoms with E-state index in [2.05, 4.69) is 16.0 Å². The SMILES string of the molecule is CCC(COC)Nc1sc(C(=O)NC)c(N)c1C(=O)NC. The second-order valence-corrected chi connectivity index (χ2v) is 5.43. The molecule has 2 amide bonds. The maximum atomic E-state index is 12.0. The van der Waals surface area contributed by atoms with Gasteiger partial charge in [0.05, 0.1) is 17.9 Å². The van der Waals surface area contributed by atoms with Gasteiger partial charge >= 0.3 is 0 Å². The number of rotatable bonds is 7. The van der Waals surface area contributed by atoms with Gasteiger partial charge in [-0.15, -0.1) is 11.3 Å². The number of carbonyl (C=O) groups excluding carboxylic acids is 2. The van der Waals surface area contributed by atoms with E-state index in [1.54, 1.807) is 7.11 Å². The topological polar surface area (TPSA) is 105 Å². The Morgan fingerprint density at radius 2 is 1.90 bits per heavy atom. The van der Waals surface area contributed by atoms with Crippen LogP contribution in [-0.4, -0.2) is 45.7 Å². The molecular formula is C13H22N4O3S. The van der Waals surface area contributed by atoms with Gasteiger partial charge < -0.3 is 26.4 Å². The third-order valence-corrected chi connectivity index (χ3v) is 4.16.